The molecule has 0 aliphatic carbocycles. The second-order valence-corrected chi connectivity index (χ2v) is 11.2. The van der Waals surface area contributed by atoms with Gasteiger partial charge in [-0.2, -0.15) is 5.10 Å². The Morgan fingerprint density at radius 1 is 1.27 bits per heavy atom. The number of carboxylic acid groups (broad SMARTS) is 1. The molecule has 41 heavy (non-hydrogen) atoms. The number of aryl methyl sites for hydroxylation is 1. The van der Waals surface area contributed by atoms with Crippen molar-refractivity contribution in [1.82, 2.24) is 50.9 Å². The number of aromatic amines is 2. The molecule has 0 bridgehead atoms. The summed E-state index contributed by atoms with van der Waals surface area (Å²) >= 11 is 7.32. The van der Waals surface area contributed by atoms with Gasteiger partial charge in [0, 0.05) is 18.6 Å². The molecule has 5 N–H and O–H groups in total. The Morgan fingerprint density at radius 3 is 2.68 bits per heavy atom. The first kappa shape index (κ1) is 28.2. The largest absolute Gasteiger partial charge is 0.477 e. The van der Waals surface area contributed by atoms with Crippen LogP contribution in [-0.2, 0) is 21.4 Å². The number of aromatic nitrogens is 7. The highest BCUT2D eigenvalue weighted by Crippen LogP contribution is 2.41. The van der Waals surface area contributed by atoms with Gasteiger partial charge < -0.3 is 15.7 Å². The fraction of sp³-hybridized carbons (Fsp3) is 0.273. The first-order valence-electron chi connectivity index (χ1n) is 11.8. The van der Waals surface area contributed by atoms with Crippen molar-refractivity contribution in [3.8, 4) is 0 Å². The number of nitrogens with zero attached hydrogens (tertiary/aromatic N) is 6. The van der Waals surface area contributed by atoms with E-state index in [4.69, 9.17) is 12.2 Å². The van der Waals surface area contributed by atoms with E-state index in [9.17, 15) is 29.1 Å². The Hall–Kier alpha value is -4.36. The average Bonchev–Trinajstić information content (AvgIpc) is 3.37. The van der Waals surface area contributed by atoms with Gasteiger partial charge in [-0.25, -0.2) is 9.48 Å². The van der Waals surface area contributed by atoms with Crippen molar-refractivity contribution in [3.63, 3.8) is 0 Å². The lowest BCUT2D eigenvalue weighted by atomic mass is 10.0. The SMILES string of the molecule is Cn1nnnc1SCC1=C(C(=O)O)N2C(=O)C(NC(=O)[C@H](NC(=O)c3n[nH]c(=S)[nH]c3=O)c3ccccc3)[C@H]2SC1. The van der Waals surface area contributed by atoms with E-state index in [1.807, 2.05) is 0 Å². The molecule has 2 aliphatic heterocycles. The molecule has 1 aromatic carbocycles. The van der Waals surface area contributed by atoms with E-state index in [0.717, 1.165) is 4.90 Å². The molecule has 2 aromatic heterocycles. The van der Waals surface area contributed by atoms with Crippen LogP contribution in [0.5, 0.6) is 0 Å². The highest BCUT2D eigenvalue weighted by atomic mass is 32.2. The maximum Gasteiger partial charge on any atom is 0.352 e. The van der Waals surface area contributed by atoms with Crippen LogP contribution < -0.4 is 16.2 Å². The highest BCUT2D eigenvalue weighted by Gasteiger charge is 2.54. The Labute approximate surface area is 243 Å². The van der Waals surface area contributed by atoms with Crippen molar-refractivity contribution in [2.24, 2.45) is 7.05 Å². The van der Waals surface area contributed by atoms with E-state index in [-0.39, 0.29) is 16.2 Å². The molecule has 4 heterocycles. The fourth-order valence-corrected chi connectivity index (χ4v) is 6.65. The zero-order valence-electron chi connectivity index (χ0n) is 20.9. The fourth-order valence-electron chi connectivity index (χ4n) is 4.17. The summed E-state index contributed by atoms with van der Waals surface area (Å²) in [5.41, 5.74) is -0.646. The maximum atomic E-state index is 13.4. The molecule has 1 unspecified atom stereocenters. The predicted molar refractivity (Wildman–Crippen MR) is 146 cm³/mol. The number of H-pyrrole nitrogens is 2. The molecule has 3 atom stereocenters. The minimum atomic E-state index is -1.30. The van der Waals surface area contributed by atoms with Crippen LogP contribution in [0.15, 0.2) is 51.6 Å². The van der Waals surface area contributed by atoms with Gasteiger partial charge in [0.1, 0.15) is 23.2 Å². The van der Waals surface area contributed by atoms with Crippen molar-refractivity contribution in [3.05, 3.63) is 68.0 Å². The van der Waals surface area contributed by atoms with Gasteiger partial charge in [0.2, 0.25) is 16.8 Å². The number of tetrazole rings is 1. The van der Waals surface area contributed by atoms with Crippen molar-refractivity contribution in [2.75, 3.05) is 11.5 Å². The van der Waals surface area contributed by atoms with Gasteiger partial charge in [0.05, 0.1) is 0 Å². The smallest absolute Gasteiger partial charge is 0.352 e. The van der Waals surface area contributed by atoms with Gasteiger partial charge >= 0.3 is 5.97 Å². The van der Waals surface area contributed by atoms with E-state index in [2.05, 4.69) is 41.3 Å². The number of hydrogen-bond donors (Lipinski definition) is 5. The number of nitrogens with one attached hydrogen (secondary N) is 4. The second kappa shape index (κ2) is 11.6. The number of β-lactam (4-membered cyclic amide) rings is 1. The molecule has 212 valence electrons. The Bertz CT molecular complexity index is 1690. The lowest BCUT2D eigenvalue weighted by Crippen LogP contribution is -2.71. The average molecular weight is 617 g/mol. The zero-order valence-corrected chi connectivity index (χ0v) is 23.4. The second-order valence-electron chi connectivity index (χ2n) is 8.70. The van der Waals surface area contributed by atoms with Crippen molar-refractivity contribution in [2.45, 2.75) is 22.6 Å². The summed E-state index contributed by atoms with van der Waals surface area (Å²) in [6, 6.07) is 5.86. The monoisotopic (exact) mass is 616 g/mol. The summed E-state index contributed by atoms with van der Waals surface area (Å²) in [5.74, 6) is -3.03. The van der Waals surface area contributed by atoms with Crippen LogP contribution in [0.2, 0.25) is 0 Å². The summed E-state index contributed by atoms with van der Waals surface area (Å²) in [5, 5.41) is 32.0. The normalized spacial score (nSPS) is 18.8. The lowest BCUT2D eigenvalue weighted by Gasteiger charge is -2.49. The molecule has 0 saturated carbocycles. The van der Waals surface area contributed by atoms with Crippen LogP contribution in [0.4, 0.5) is 0 Å². The Kier molecular flexibility index (Phi) is 7.99. The number of hydrogen-bond acceptors (Lipinski definition) is 12. The first-order chi connectivity index (χ1) is 19.7. The summed E-state index contributed by atoms with van der Waals surface area (Å²) in [6.45, 7) is 0. The van der Waals surface area contributed by atoms with Gasteiger partial charge in [0.25, 0.3) is 17.4 Å². The highest BCUT2D eigenvalue weighted by molar-refractivity contribution is 8.01. The zero-order chi connectivity index (χ0) is 29.3. The molecular weight excluding hydrogens is 597 g/mol. The van der Waals surface area contributed by atoms with Crippen molar-refractivity contribution in [1.29, 1.82) is 0 Å². The molecule has 0 radical (unpaired) electrons. The van der Waals surface area contributed by atoms with E-state index in [1.54, 1.807) is 37.4 Å². The molecule has 16 nitrogen and oxygen atoms in total. The van der Waals surface area contributed by atoms with Crippen molar-refractivity contribution < 1.29 is 24.3 Å². The third-order valence-electron chi connectivity index (χ3n) is 6.10. The van der Waals surface area contributed by atoms with Crippen LogP contribution >= 0.6 is 35.7 Å². The molecule has 0 spiro atoms. The minimum Gasteiger partial charge on any atom is -0.477 e. The van der Waals surface area contributed by atoms with Crippen LogP contribution in [0, 0.1) is 4.77 Å². The first-order valence-corrected chi connectivity index (χ1v) is 14.2. The van der Waals surface area contributed by atoms with Crippen LogP contribution in [0.3, 0.4) is 0 Å². The predicted octanol–water partition coefficient (Wildman–Crippen LogP) is -0.647. The third-order valence-corrected chi connectivity index (χ3v) is 8.73. The molecule has 1 saturated heterocycles. The van der Waals surface area contributed by atoms with Gasteiger partial charge in [0.15, 0.2) is 4.77 Å². The van der Waals surface area contributed by atoms with E-state index >= 15 is 0 Å². The topological polar surface area (TPSA) is 221 Å². The maximum absolute atomic E-state index is 13.4. The van der Waals surface area contributed by atoms with Crippen molar-refractivity contribution >= 4 is 59.4 Å². The summed E-state index contributed by atoms with van der Waals surface area (Å²) in [4.78, 5) is 67.2. The Morgan fingerprint density at radius 2 is 2.02 bits per heavy atom. The van der Waals surface area contributed by atoms with Gasteiger partial charge in [-0.3, -0.25) is 34.2 Å². The quantitative estimate of drug-likeness (QED) is 0.115. The molecule has 1 fully saturated rings. The minimum absolute atomic E-state index is 0.0795. The molecule has 2 aliphatic rings. The van der Waals surface area contributed by atoms with Crippen LogP contribution in [0.25, 0.3) is 0 Å². The number of carbonyl (C=O) groups excluding carboxylic acids is 3. The van der Waals surface area contributed by atoms with Crippen LogP contribution in [0.1, 0.15) is 22.1 Å². The van der Waals surface area contributed by atoms with Gasteiger partial charge in [-0.1, -0.05) is 42.1 Å². The lowest BCUT2D eigenvalue weighted by molar-refractivity contribution is -0.151. The van der Waals surface area contributed by atoms with E-state index in [0.29, 0.717) is 22.0 Å². The number of carbonyl (C=O) groups is 4. The van der Waals surface area contributed by atoms with Crippen LogP contribution in [-0.4, -0.2) is 92.0 Å². The Balaban J connectivity index is 1.33. The molecular formula is C22H20N10O6S3. The summed E-state index contributed by atoms with van der Waals surface area (Å²) in [6.07, 6.45) is 0. The van der Waals surface area contributed by atoms with Gasteiger partial charge in [-0.15, -0.1) is 16.9 Å². The number of benzene rings is 1. The molecule has 3 amide bonds. The summed E-state index contributed by atoms with van der Waals surface area (Å²) < 4.78 is 1.37. The molecule has 19 heteroatoms. The molecule has 5 rings (SSSR count). The van der Waals surface area contributed by atoms with E-state index < -0.39 is 52.4 Å². The molecule has 3 aromatic rings. The number of thioether (sulfide) groups is 2. The number of aliphatic carboxylic acids is 1. The van der Waals surface area contributed by atoms with E-state index in [1.165, 1.54) is 28.2 Å². The standard InChI is InChI=1S/C22H20N10O6S3/c1-31-22(28-29-30-31)41-8-10-7-40-19-13(18(36)32(19)14(10)20(37)38)24-15(33)11(9-5-3-2-4-6-9)23-16(34)12-17(35)25-21(39)27-26-12/h2-6,11,13,19H,7-8H2,1H3,(H,23,34)(H,24,33)(H,37,38)(H2,25,27,35,39)/t11-,13?,19-/m1/s1. The number of rotatable bonds is 9. The number of amides is 3. The third kappa shape index (κ3) is 5.63. The van der Waals surface area contributed by atoms with Gasteiger partial charge in [-0.05, 0) is 33.8 Å². The summed E-state index contributed by atoms with van der Waals surface area (Å²) in [7, 11) is 1.65. The number of carboxylic acids is 1. The number of fused-ring (bicyclic) bond motifs is 1.